The van der Waals surface area contributed by atoms with Gasteiger partial charge in [-0.2, -0.15) is 0 Å². The number of carbonyl (C=O) groups is 1. The van der Waals surface area contributed by atoms with Crippen LogP contribution >= 0.6 is 0 Å². The molecule has 2 N–H and O–H groups in total. The number of piperidine rings is 1. The molecule has 4 heteroatoms. The van der Waals surface area contributed by atoms with Crippen molar-refractivity contribution >= 4 is 6.09 Å². The number of likely N-dealkylation sites (tertiary alicyclic amines) is 1. The van der Waals surface area contributed by atoms with Gasteiger partial charge in [-0.1, -0.05) is 24.3 Å². The summed E-state index contributed by atoms with van der Waals surface area (Å²) < 4.78 is 5.54. The zero-order chi connectivity index (χ0) is 16.5. The number of rotatable bonds is 1. The van der Waals surface area contributed by atoms with E-state index in [1.165, 1.54) is 11.1 Å². The van der Waals surface area contributed by atoms with E-state index in [4.69, 9.17) is 10.5 Å². The number of hydrogen-bond donors (Lipinski definition) is 1. The average molecular weight is 304 g/mol. The first-order valence-corrected chi connectivity index (χ1v) is 8.00. The summed E-state index contributed by atoms with van der Waals surface area (Å²) in [6.45, 7) is 10.4. The Morgan fingerprint density at radius 1 is 1.32 bits per heavy atom. The molecule has 0 bridgehead atoms. The maximum Gasteiger partial charge on any atom is 0.410 e. The fourth-order valence-electron chi connectivity index (χ4n) is 3.07. The number of benzene rings is 1. The molecule has 1 aromatic carbocycles. The molecule has 1 aromatic rings. The minimum atomic E-state index is -0.490. The fourth-order valence-corrected chi connectivity index (χ4v) is 3.07. The van der Waals surface area contributed by atoms with Crippen LogP contribution in [0.2, 0.25) is 0 Å². The summed E-state index contributed by atoms with van der Waals surface area (Å²) >= 11 is 0. The lowest BCUT2D eigenvalue weighted by Crippen LogP contribution is -2.56. The quantitative estimate of drug-likeness (QED) is 0.864. The zero-order valence-corrected chi connectivity index (χ0v) is 14.3. The van der Waals surface area contributed by atoms with Crippen LogP contribution in [0.3, 0.4) is 0 Å². The van der Waals surface area contributed by atoms with Crippen molar-refractivity contribution < 1.29 is 9.53 Å². The standard InChI is InChI=1S/C18H28N2O2/c1-12-8-6-7-9-15(12)14-10-16(19)13(2)20(11-14)17(21)22-18(3,4)5/h6-9,13-14,16H,10-11,19H2,1-5H3. The monoisotopic (exact) mass is 304 g/mol. The van der Waals surface area contributed by atoms with Gasteiger partial charge in [-0.05, 0) is 52.2 Å². The summed E-state index contributed by atoms with van der Waals surface area (Å²) in [7, 11) is 0. The van der Waals surface area contributed by atoms with Crippen LogP contribution in [0.5, 0.6) is 0 Å². The van der Waals surface area contributed by atoms with Crippen LogP contribution in [0.15, 0.2) is 24.3 Å². The summed E-state index contributed by atoms with van der Waals surface area (Å²) in [5, 5.41) is 0. The van der Waals surface area contributed by atoms with E-state index in [2.05, 4.69) is 19.1 Å². The number of aryl methyl sites for hydroxylation is 1. The molecule has 3 unspecified atom stereocenters. The second-order valence-electron chi connectivity index (χ2n) is 7.33. The Balaban J connectivity index is 2.20. The molecular formula is C18H28N2O2. The van der Waals surface area contributed by atoms with Gasteiger partial charge in [-0.25, -0.2) is 4.79 Å². The molecule has 1 fully saturated rings. The topological polar surface area (TPSA) is 55.6 Å². The summed E-state index contributed by atoms with van der Waals surface area (Å²) in [5.41, 5.74) is 8.33. The molecule has 0 saturated carbocycles. The number of carbonyl (C=O) groups excluding carboxylic acids is 1. The van der Waals surface area contributed by atoms with Crippen LogP contribution < -0.4 is 5.73 Å². The Kier molecular flexibility index (Phi) is 4.81. The smallest absolute Gasteiger partial charge is 0.410 e. The van der Waals surface area contributed by atoms with E-state index in [0.29, 0.717) is 6.54 Å². The summed E-state index contributed by atoms with van der Waals surface area (Å²) in [6, 6.07) is 8.28. The molecule has 0 radical (unpaired) electrons. The van der Waals surface area contributed by atoms with Crippen LogP contribution in [-0.4, -0.2) is 35.2 Å². The molecule has 2 rings (SSSR count). The third-order valence-corrected chi connectivity index (χ3v) is 4.34. The molecule has 4 nitrogen and oxygen atoms in total. The van der Waals surface area contributed by atoms with Gasteiger partial charge in [-0.15, -0.1) is 0 Å². The molecule has 0 aliphatic carbocycles. The van der Waals surface area contributed by atoms with Crippen molar-refractivity contribution in [2.75, 3.05) is 6.54 Å². The lowest BCUT2D eigenvalue weighted by atomic mass is 9.83. The third-order valence-electron chi connectivity index (χ3n) is 4.34. The maximum absolute atomic E-state index is 12.5. The first-order valence-electron chi connectivity index (χ1n) is 8.00. The normalized spacial score (nSPS) is 25.9. The molecule has 3 atom stereocenters. The van der Waals surface area contributed by atoms with Gasteiger partial charge in [0.1, 0.15) is 5.60 Å². The molecule has 122 valence electrons. The molecule has 0 aromatic heterocycles. The van der Waals surface area contributed by atoms with Crippen molar-refractivity contribution in [2.45, 2.75) is 64.6 Å². The number of amides is 1. The number of hydrogen-bond acceptors (Lipinski definition) is 3. The molecule has 1 amide bonds. The highest BCUT2D eigenvalue weighted by Crippen LogP contribution is 2.32. The zero-order valence-electron chi connectivity index (χ0n) is 14.3. The largest absolute Gasteiger partial charge is 0.444 e. The van der Waals surface area contributed by atoms with Crippen LogP contribution in [-0.2, 0) is 4.74 Å². The Morgan fingerprint density at radius 2 is 1.95 bits per heavy atom. The van der Waals surface area contributed by atoms with Crippen molar-refractivity contribution in [1.29, 1.82) is 0 Å². The number of nitrogens with zero attached hydrogens (tertiary/aromatic N) is 1. The third kappa shape index (κ3) is 3.80. The van der Waals surface area contributed by atoms with Crippen molar-refractivity contribution in [1.82, 2.24) is 4.90 Å². The first kappa shape index (κ1) is 16.8. The van der Waals surface area contributed by atoms with Crippen LogP contribution in [0.4, 0.5) is 4.79 Å². The van der Waals surface area contributed by atoms with Crippen LogP contribution in [0.1, 0.15) is 51.2 Å². The summed E-state index contributed by atoms with van der Waals surface area (Å²) in [4.78, 5) is 14.3. The molecular weight excluding hydrogens is 276 g/mol. The van der Waals surface area contributed by atoms with E-state index in [0.717, 1.165) is 6.42 Å². The van der Waals surface area contributed by atoms with Crippen molar-refractivity contribution in [3.05, 3.63) is 35.4 Å². The van der Waals surface area contributed by atoms with Crippen molar-refractivity contribution in [3.63, 3.8) is 0 Å². The van der Waals surface area contributed by atoms with Gasteiger partial charge in [0.2, 0.25) is 0 Å². The van der Waals surface area contributed by atoms with E-state index < -0.39 is 5.60 Å². The fraction of sp³-hybridized carbons (Fsp3) is 0.611. The van der Waals surface area contributed by atoms with Crippen molar-refractivity contribution in [3.8, 4) is 0 Å². The summed E-state index contributed by atoms with van der Waals surface area (Å²) in [6.07, 6.45) is 0.624. The predicted octanol–water partition coefficient (Wildman–Crippen LogP) is 3.44. The van der Waals surface area contributed by atoms with Gasteiger partial charge in [0, 0.05) is 24.5 Å². The van der Waals surface area contributed by atoms with Gasteiger partial charge in [-0.3, -0.25) is 0 Å². The number of nitrogens with two attached hydrogens (primary N) is 1. The molecule has 1 saturated heterocycles. The molecule has 1 heterocycles. The highest BCUT2D eigenvalue weighted by atomic mass is 16.6. The molecule has 0 spiro atoms. The van der Waals surface area contributed by atoms with E-state index >= 15 is 0 Å². The Morgan fingerprint density at radius 3 is 2.55 bits per heavy atom. The van der Waals surface area contributed by atoms with E-state index in [9.17, 15) is 4.79 Å². The highest BCUT2D eigenvalue weighted by Gasteiger charge is 2.37. The van der Waals surface area contributed by atoms with E-state index in [1.54, 1.807) is 4.90 Å². The van der Waals surface area contributed by atoms with Gasteiger partial charge in [0.05, 0.1) is 0 Å². The van der Waals surface area contributed by atoms with Gasteiger partial charge < -0.3 is 15.4 Å². The predicted molar refractivity (Wildman–Crippen MR) is 88.9 cm³/mol. The van der Waals surface area contributed by atoms with Gasteiger partial charge in [0.15, 0.2) is 0 Å². The van der Waals surface area contributed by atoms with E-state index in [1.807, 2.05) is 39.8 Å². The Labute approximate surface area is 133 Å². The Hall–Kier alpha value is -1.55. The molecule has 1 aliphatic rings. The van der Waals surface area contributed by atoms with E-state index in [-0.39, 0.29) is 24.1 Å². The second kappa shape index (κ2) is 6.29. The average Bonchev–Trinajstić information content (AvgIpc) is 2.40. The van der Waals surface area contributed by atoms with Crippen LogP contribution in [0, 0.1) is 6.92 Å². The Bertz CT molecular complexity index is 536. The van der Waals surface area contributed by atoms with Gasteiger partial charge >= 0.3 is 6.09 Å². The molecule has 1 aliphatic heterocycles. The SMILES string of the molecule is Cc1ccccc1C1CC(N)C(C)N(C(=O)OC(C)(C)C)C1. The second-order valence-corrected chi connectivity index (χ2v) is 7.33. The van der Waals surface area contributed by atoms with Crippen molar-refractivity contribution in [2.24, 2.45) is 5.73 Å². The van der Waals surface area contributed by atoms with Gasteiger partial charge in [0.25, 0.3) is 0 Å². The lowest BCUT2D eigenvalue weighted by molar-refractivity contribution is 0.00663. The summed E-state index contributed by atoms with van der Waals surface area (Å²) in [5.74, 6) is 0.264. The highest BCUT2D eigenvalue weighted by molar-refractivity contribution is 5.69. The first-order chi connectivity index (χ1) is 10.2. The maximum atomic E-state index is 12.5. The van der Waals surface area contributed by atoms with Crippen LogP contribution in [0.25, 0.3) is 0 Å². The minimum absolute atomic E-state index is 0.00452. The number of ether oxygens (including phenoxy) is 1. The molecule has 22 heavy (non-hydrogen) atoms. The lowest BCUT2D eigenvalue weighted by Gasteiger charge is -2.42. The minimum Gasteiger partial charge on any atom is -0.444 e.